The summed E-state index contributed by atoms with van der Waals surface area (Å²) in [5.74, 6) is -0.160. The molecule has 1 aliphatic heterocycles. The van der Waals surface area contributed by atoms with Crippen LogP contribution in [-0.2, 0) is 21.0 Å². The van der Waals surface area contributed by atoms with Crippen LogP contribution in [0.5, 0.6) is 5.75 Å². The number of anilines is 1. The molecule has 3 aromatic rings. The largest absolute Gasteiger partial charge is 0.482 e. The van der Waals surface area contributed by atoms with E-state index >= 15 is 0 Å². The molecule has 0 unspecified atom stereocenters. The highest BCUT2D eigenvalue weighted by Gasteiger charge is 2.31. The summed E-state index contributed by atoms with van der Waals surface area (Å²) in [5, 5.41) is 0.0346. The number of benzene rings is 3. The molecule has 12 heteroatoms. The lowest BCUT2D eigenvalue weighted by atomic mass is 10.1. The third-order valence-electron chi connectivity index (χ3n) is 6.37. The van der Waals surface area contributed by atoms with E-state index in [1.165, 1.54) is 24.3 Å². The van der Waals surface area contributed by atoms with Gasteiger partial charge in [-0.1, -0.05) is 48.0 Å². The molecule has 0 spiro atoms. The van der Waals surface area contributed by atoms with Crippen LogP contribution in [0.1, 0.15) is 24.1 Å². The summed E-state index contributed by atoms with van der Waals surface area (Å²) in [6.07, 6.45) is -4.42. The monoisotopic (exact) mass is 581 g/mol. The van der Waals surface area contributed by atoms with Crippen molar-refractivity contribution in [1.29, 1.82) is 0 Å². The molecule has 1 N–H and O–H groups in total. The maximum absolute atomic E-state index is 13.0. The Hall–Kier alpha value is -3.28. The highest BCUT2D eigenvalue weighted by atomic mass is 35.5. The van der Waals surface area contributed by atoms with E-state index in [0.29, 0.717) is 31.9 Å². The van der Waals surface area contributed by atoms with Crippen molar-refractivity contribution in [3.05, 3.63) is 88.9 Å². The first-order valence-electron chi connectivity index (χ1n) is 12.1. The fraction of sp³-hybridized carbons (Fsp3) is 0.296. The predicted molar refractivity (Wildman–Crippen MR) is 142 cm³/mol. The van der Waals surface area contributed by atoms with Crippen molar-refractivity contribution in [2.45, 2.75) is 24.0 Å². The number of halogens is 4. The zero-order valence-electron chi connectivity index (χ0n) is 21.0. The lowest BCUT2D eigenvalue weighted by Crippen LogP contribution is -2.50. The summed E-state index contributed by atoms with van der Waals surface area (Å²) in [6.45, 7) is 2.78. The first kappa shape index (κ1) is 28.7. The third kappa shape index (κ3) is 7.23. The zero-order chi connectivity index (χ0) is 28.2. The Morgan fingerprint density at radius 2 is 1.69 bits per heavy atom. The van der Waals surface area contributed by atoms with Crippen LogP contribution in [0.4, 0.5) is 18.9 Å². The molecular weight excluding hydrogens is 555 g/mol. The van der Waals surface area contributed by atoms with Gasteiger partial charge in [0.15, 0.2) is 6.61 Å². The molecule has 208 valence electrons. The van der Waals surface area contributed by atoms with Crippen LogP contribution in [0.15, 0.2) is 77.7 Å². The van der Waals surface area contributed by atoms with Crippen LogP contribution in [0.2, 0.25) is 5.02 Å². The molecule has 1 atom stereocenters. The molecule has 1 aliphatic rings. The van der Waals surface area contributed by atoms with E-state index in [1.807, 2.05) is 30.3 Å². The van der Waals surface area contributed by atoms with Crippen LogP contribution in [0, 0.1) is 0 Å². The Balaban J connectivity index is 1.31. The van der Waals surface area contributed by atoms with Crippen LogP contribution in [-0.4, -0.2) is 52.0 Å². The normalized spacial score (nSPS) is 15.2. The number of hydrogen-bond donors (Lipinski definition) is 1. The standard InChI is InChI=1S/C27H27ClF3N3O4S/c1-19(20-6-3-2-4-7-20)32-39(36,37)23-10-11-25(24(28)17-23)38-18-26(35)34-14-12-33(13-15-34)22-9-5-8-21(16-22)27(29,30)31/h2-11,16-17,19,32H,12-15,18H2,1H3/t19-/m1/s1. The van der Waals surface area contributed by atoms with Crippen molar-refractivity contribution in [3.8, 4) is 5.75 Å². The lowest BCUT2D eigenvalue weighted by molar-refractivity contribution is -0.137. The van der Waals surface area contributed by atoms with Crippen molar-refractivity contribution in [1.82, 2.24) is 9.62 Å². The number of piperazine rings is 1. The number of nitrogens with zero attached hydrogens (tertiary/aromatic N) is 2. The molecule has 0 saturated carbocycles. The zero-order valence-corrected chi connectivity index (χ0v) is 22.6. The molecule has 1 fully saturated rings. The number of carbonyl (C=O) groups excluding carboxylic acids is 1. The van der Waals surface area contributed by atoms with Gasteiger partial charge in [0.05, 0.1) is 15.5 Å². The fourth-order valence-electron chi connectivity index (χ4n) is 4.20. The lowest BCUT2D eigenvalue weighted by Gasteiger charge is -2.36. The van der Waals surface area contributed by atoms with E-state index < -0.39 is 27.8 Å². The van der Waals surface area contributed by atoms with Gasteiger partial charge >= 0.3 is 6.18 Å². The number of amides is 1. The first-order valence-corrected chi connectivity index (χ1v) is 14.0. The average Bonchev–Trinajstić information content (AvgIpc) is 2.92. The molecular formula is C27H27ClF3N3O4S. The molecule has 0 bridgehead atoms. The molecule has 4 rings (SSSR count). The molecule has 0 aliphatic carbocycles. The molecule has 39 heavy (non-hydrogen) atoms. The topological polar surface area (TPSA) is 78.9 Å². The Labute approximate surface area is 230 Å². The van der Waals surface area contributed by atoms with Crippen molar-refractivity contribution >= 4 is 33.2 Å². The number of sulfonamides is 1. The molecule has 0 radical (unpaired) electrons. The highest BCUT2D eigenvalue weighted by Crippen LogP contribution is 2.32. The SMILES string of the molecule is C[C@@H](NS(=O)(=O)c1ccc(OCC(=O)N2CCN(c3cccc(C(F)(F)F)c3)CC2)c(Cl)c1)c1ccccc1. The highest BCUT2D eigenvalue weighted by molar-refractivity contribution is 7.89. The minimum Gasteiger partial charge on any atom is -0.482 e. The van der Waals surface area contributed by atoms with Crippen LogP contribution < -0.4 is 14.4 Å². The predicted octanol–water partition coefficient (Wildman–Crippen LogP) is 5.13. The van der Waals surface area contributed by atoms with Crippen LogP contribution >= 0.6 is 11.6 Å². The fourth-order valence-corrected chi connectivity index (χ4v) is 5.76. The molecule has 3 aromatic carbocycles. The summed E-state index contributed by atoms with van der Waals surface area (Å²) < 4.78 is 72.9. The first-order chi connectivity index (χ1) is 18.4. The van der Waals surface area contributed by atoms with Gasteiger partial charge in [-0.3, -0.25) is 4.79 Å². The Bertz CT molecular complexity index is 1410. The van der Waals surface area contributed by atoms with Gasteiger partial charge in [-0.15, -0.1) is 0 Å². The second-order valence-corrected chi connectivity index (χ2v) is 11.2. The summed E-state index contributed by atoms with van der Waals surface area (Å²) in [6, 6.07) is 17.8. The van der Waals surface area contributed by atoms with Gasteiger partial charge in [-0.25, -0.2) is 13.1 Å². The van der Waals surface area contributed by atoms with Gasteiger partial charge in [0.25, 0.3) is 5.91 Å². The molecule has 1 saturated heterocycles. The Morgan fingerprint density at radius 3 is 2.33 bits per heavy atom. The third-order valence-corrected chi connectivity index (χ3v) is 8.20. The van der Waals surface area contributed by atoms with Crippen molar-refractivity contribution in [2.75, 3.05) is 37.7 Å². The Kier molecular flexibility index (Phi) is 8.73. The number of ether oxygens (including phenoxy) is 1. The maximum Gasteiger partial charge on any atom is 0.416 e. The van der Waals surface area contributed by atoms with Crippen molar-refractivity contribution in [3.63, 3.8) is 0 Å². The number of alkyl halides is 3. The summed E-state index contributed by atoms with van der Waals surface area (Å²) in [5.41, 5.74) is 0.535. The van der Waals surface area contributed by atoms with Crippen LogP contribution in [0.25, 0.3) is 0 Å². The summed E-state index contributed by atoms with van der Waals surface area (Å²) in [4.78, 5) is 16.0. The molecule has 1 heterocycles. The number of hydrogen-bond acceptors (Lipinski definition) is 5. The maximum atomic E-state index is 13.0. The molecule has 1 amide bonds. The van der Waals surface area contributed by atoms with Gasteiger partial charge in [0.1, 0.15) is 5.75 Å². The van der Waals surface area contributed by atoms with Gasteiger partial charge in [-0.05, 0) is 48.9 Å². The minimum absolute atomic E-state index is 0.0346. The smallest absolute Gasteiger partial charge is 0.416 e. The molecule has 0 aromatic heterocycles. The second-order valence-electron chi connectivity index (χ2n) is 9.05. The van der Waals surface area contributed by atoms with Gasteiger partial charge in [0.2, 0.25) is 10.0 Å². The van der Waals surface area contributed by atoms with Crippen molar-refractivity contribution in [2.24, 2.45) is 0 Å². The van der Waals surface area contributed by atoms with E-state index in [-0.39, 0.29) is 28.2 Å². The average molecular weight is 582 g/mol. The summed E-state index contributed by atoms with van der Waals surface area (Å²) >= 11 is 6.26. The number of rotatable bonds is 8. The van der Waals surface area contributed by atoms with E-state index in [1.54, 1.807) is 22.8 Å². The number of carbonyl (C=O) groups is 1. The van der Waals surface area contributed by atoms with E-state index in [9.17, 15) is 26.4 Å². The quantitative estimate of drug-likeness (QED) is 0.399. The van der Waals surface area contributed by atoms with E-state index in [2.05, 4.69) is 4.72 Å². The second kappa shape index (κ2) is 11.8. The minimum atomic E-state index is -4.42. The van der Waals surface area contributed by atoms with Crippen LogP contribution in [0.3, 0.4) is 0 Å². The van der Waals surface area contributed by atoms with Gasteiger partial charge < -0.3 is 14.5 Å². The van der Waals surface area contributed by atoms with E-state index in [0.717, 1.165) is 17.7 Å². The van der Waals surface area contributed by atoms with E-state index in [4.69, 9.17) is 16.3 Å². The van der Waals surface area contributed by atoms with Gasteiger partial charge in [-0.2, -0.15) is 13.2 Å². The van der Waals surface area contributed by atoms with Crippen molar-refractivity contribution < 1.29 is 31.1 Å². The van der Waals surface area contributed by atoms with Gasteiger partial charge in [0, 0.05) is 37.9 Å². The molecule has 7 nitrogen and oxygen atoms in total. The number of nitrogens with one attached hydrogen (secondary N) is 1. The Morgan fingerprint density at radius 1 is 1.00 bits per heavy atom. The summed E-state index contributed by atoms with van der Waals surface area (Å²) in [7, 11) is -3.87.